The van der Waals surface area contributed by atoms with Crippen molar-refractivity contribution < 1.29 is 0 Å². The van der Waals surface area contributed by atoms with Crippen LogP contribution in [0.25, 0.3) is 16.9 Å². The van der Waals surface area contributed by atoms with Gasteiger partial charge in [-0.1, -0.05) is 31.2 Å². The molecule has 26 heavy (non-hydrogen) atoms. The highest BCUT2D eigenvalue weighted by Gasteiger charge is 2.09. The number of aromatic amines is 1. The van der Waals surface area contributed by atoms with Gasteiger partial charge in [0.1, 0.15) is 0 Å². The Morgan fingerprint density at radius 2 is 2.00 bits per heavy atom. The lowest BCUT2D eigenvalue weighted by molar-refractivity contribution is 0.655. The van der Waals surface area contributed by atoms with Crippen LogP contribution in [0, 0.1) is 0 Å². The maximum atomic E-state index is 12.4. The molecule has 1 aromatic carbocycles. The van der Waals surface area contributed by atoms with E-state index in [-0.39, 0.29) is 16.9 Å². The quantitative estimate of drug-likeness (QED) is 0.551. The van der Waals surface area contributed by atoms with Crippen molar-refractivity contribution in [2.24, 2.45) is 5.73 Å². The van der Waals surface area contributed by atoms with Crippen molar-refractivity contribution in [1.82, 2.24) is 19.7 Å². The van der Waals surface area contributed by atoms with Crippen molar-refractivity contribution in [1.29, 1.82) is 0 Å². The van der Waals surface area contributed by atoms with Crippen molar-refractivity contribution in [2.75, 3.05) is 13.1 Å². The molecule has 3 rings (SSSR count). The maximum absolute atomic E-state index is 12.4. The second-order valence-electron chi connectivity index (χ2n) is 6.15. The summed E-state index contributed by atoms with van der Waals surface area (Å²) in [5.74, 6) is 0.267. The predicted octanol–water partition coefficient (Wildman–Crippen LogP) is 1.05. The third-order valence-electron chi connectivity index (χ3n) is 4.25. The van der Waals surface area contributed by atoms with Gasteiger partial charge in [0.05, 0.1) is 5.56 Å². The topological polar surface area (TPSA) is 105 Å². The molecule has 0 atom stereocenters. The first-order chi connectivity index (χ1) is 12.6. The van der Waals surface area contributed by atoms with E-state index in [9.17, 15) is 9.59 Å². The SMILES string of the molecule is CCc1cc(=O)n2cc(-c3ccc(CNCCCN)cc3)c(=O)[nH]c2n1. The van der Waals surface area contributed by atoms with E-state index in [4.69, 9.17) is 5.73 Å². The molecule has 7 heteroatoms. The third-order valence-corrected chi connectivity index (χ3v) is 4.25. The van der Waals surface area contributed by atoms with E-state index in [1.807, 2.05) is 31.2 Å². The number of nitrogens with one attached hydrogen (secondary N) is 2. The normalized spacial score (nSPS) is 11.2. The standard InChI is InChI=1S/C19H23N5O2/c1-2-15-10-17(25)24-12-16(18(26)23-19(24)22-15)14-6-4-13(5-7-14)11-21-9-3-8-20/h4-7,10,12,21H,2-3,8-9,11,20H2,1H3,(H,22,23,26). The minimum Gasteiger partial charge on any atom is -0.330 e. The molecule has 7 nitrogen and oxygen atoms in total. The number of hydrogen-bond acceptors (Lipinski definition) is 5. The van der Waals surface area contributed by atoms with E-state index in [1.54, 1.807) is 6.20 Å². The highest BCUT2D eigenvalue weighted by atomic mass is 16.1. The third kappa shape index (κ3) is 3.89. The van der Waals surface area contributed by atoms with Crippen LogP contribution in [0.2, 0.25) is 0 Å². The fourth-order valence-electron chi connectivity index (χ4n) is 2.76. The van der Waals surface area contributed by atoms with Crippen LogP contribution < -0.4 is 22.2 Å². The molecule has 0 aliphatic heterocycles. The van der Waals surface area contributed by atoms with Crippen LogP contribution >= 0.6 is 0 Å². The fourth-order valence-corrected chi connectivity index (χ4v) is 2.76. The van der Waals surface area contributed by atoms with Crippen LogP contribution in [-0.2, 0) is 13.0 Å². The summed E-state index contributed by atoms with van der Waals surface area (Å²) in [5.41, 5.74) is 7.97. The molecule has 0 amide bonds. The van der Waals surface area contributed by atoms with Gasteiger partial charge in [0.25, 0.3) is 11.1 Å². The summed E-state index contributed by atoms with van der Waals surface area (Å²) in [4.78, 5) is 31.7. The molecule has 0 bridgehead atoms. The molecule has 0 saturated carbocycles. The van der Waals surface area contributed by atoms with Crippen LogP contribution in [0.4, 0.5) is 0 Å². The Morgan fingerprint density at radius 3 is 2.69 bits per heavy atom. The summed E-state index contributed by atoms with van der Waals surface area (Å²) >= 11 is 0. The molecule has 0 saturated heterocycles. The summed E-state index contributed by atoms with van der Waals surface area (Å²) < 4.78 is 1.37. The number of aryl methyl sites for hydroxylation is 1. The molecule has 0 unspecified atom stereocenters. The maximum Gasteiger partial charge on any atom is 0.260 e. The first-order valence-corrected chi connectivity index (χ1v) is 8.78. The zero-order chi connectivity index (χ0) is 18.5. The Kier molecular flexibility index (Phi) is 5.60. The summed E-state index contributed by atoms with van der Waals surface area (Å²) in [6, 6.07) is 9.20. The Balaban J connectivity index is 1.90. The molecule has 0 aliphatic carbocycles. The molecule has 0 fully saturated rings. The van der Waals surface area contributed by atoms with Gasteiger partial charge in [-0.05, 0) is 37.1 Å². The number of aromatic nitrogens is 3. The smallest absolute Gasteiger partial charge is 0.260 e. The number of hydrogen-bond donors (Lipinski definition) is 3. The van der Waals surface area contributed by atoms with Gasteiger partial charge in [-0.3, -0.25) is 19.0 Å². The van der Waals surface area contributed by atoms with Crippen molar-refractivity contribution >= 4 is 5.78 Å². The Morgan fingerprint density at radius 1 is 1.23 bits per heavy atom. The first kappa shape index (κ1) is 18.0. The van der Waals surface area contributed by atoms with Gasteiger partial charge in [0.2, 0.25) is 5.78 Å². The van der Waals surface area contributed by atoms with Crippen molar-refractivity contribution in [2.45, 2.75) is 26.3 Å². The van der Waals surface area contributed by atoms with E-state index in [0.717, 1.165) is 30.6 Å². The molecule has 136 valence electrons. The van der Waals surface area contributed by atoms with Crippen molar-refractivity contribution in [3.8, 4) is 11.1 Å². The first-order valence-electron chi connectivity index (χ1n) is 8.78. The zero-order valence-electron chi connectivity index (χ0n) is 14.8. The Labute approximate surface area is 150 Å². The van der Waals surface area contributed by atoms with E-state index in [2.05, 4.69) is 15.3 Å². The summed E-state index contributed by atoms with van der Waals surface area (Å²) in [6.45, 7) is 4.21. The summed E-state index contributed by atoms with van der Waals surface area (Å²) in [5, 5.41) is 3.31. The number of benzene rings is 1. The average Bonchev–Trinajstić information content (AvgIpc) is 2.65. The monoisotopic (exact) mass is 353 g/mol. The Hall–Kier alpha value is -2.77. The molecular weight excluding hydrogens is 330 g/mol. The van der Waals surface area contributed by atoms with Gasteiger partial charge in [0, 0.05) is 24.5 Å². The number of nitrogens with zero attached hydrogens (tertiary/aromatic N) is 2. The van der Waals surface area contributed by atoms with E-state index >= 15 is 0 Å². The van der Waals surface area contributed by atoms with Crippen LogP contribution in [0.1, 0.15) is 24.6 Å². The summed E-state index contributed by atoms with van der Waals surface area (Å²) in [7, 11) is 0. The zero-order valence-corrected chi connectivity index (χ0v) is 14.8. The molecule has 4 N–H and O–H groups in total. The lowest BCUT2D eigenvalue weighted by atomic mass is 10.1. The van der Waals surface area contributed by atoms with Gasteiger partial charge < -0.3 is 11.1 Å². The second kappa shape index (κ2) is 8.07. The number of rotatable bonds is 7. The van der Waals surface area contributed by atoms with Crippen LogP contribution in [-0.4, -0.2) is 27.5 Å². The molecule has 3 aromatic rings. The number of fused-ring (bicyclic) bond motifs is 1. The fraction of sp³-hybridized carbons (Fsp3) is 0.316. The van der Waals surface area contributed by atoms with Gasteiger partial charge >= 0.3 is 0 Å². The lowest BCUT2D eigenvalue weighted by Crippen LogP contribution is -2.22. The van der Waals surface area contributed by atoms with Gasteiger partial charge in [-0.15, -0.1) is 0 Å². The highest BCUT2D eigenvalue weighted by molar-refractivity contribution is 5.62. The molecule has 0 aliphatic rings. The van der Waals surface area contributed by atoms with Gasteiger partial charge in [-0.25, -0.2) is 4.98 Å². The molecule has 0 radical (unpaired) electrons. The lowest BCUT2D eigenvalue weighted by Gasteiger charge is -2.07. The van der Waals surface area contributed by atoms with Gasteiger partial charge in [0.15, 0.2) is 0 Å². The summed E-state index contributed by atoms with van der Waals surface area (Å²) in [6.07, 6.45) is 3.13. The van der Waals surface area contributed by atoms with Crippen molar-refractivity contribution in [3.63, 3.8) is 0 Å². The molecule has 2 aromatic heterocycles. The largest absolute Gasteiger partial charge is 0.330 e. The highest BCUT2D eigenvalue weighted by Crippen LogP contribution is 2.16. The van der Waals surface area contributed by atoms with Crippen molar-refractivity contribution in [3.05, 3.63) is 68.5 Å². The number of H-pyrrole nitrogens is 1. The molecule has 2 heterocycles. The number of nitrogens with two attached hydrogens (primary N) is 1. The predicted molar refractivity (Wildman–Crippen MR) is 102 cm³/mol. The minimum atomic E-state index is -0.265. The van der Waals surface area contributed by atoms with E-state index in [0.29, 0.717) is 24.2 Å². The van der Waals surface area contributed by atoms with Crippen LogP contribution in [0.5, 0.6) is 0 Å². The Bertz CT molecular complexity index is 1010. The van der Waals surface area contributed by atoms with Gasteiger partial charge in [-0.2, -0.15) is 0 Å². The second-order valence-corrected chi connectivity index (χ2v) is 6.15. The van der Waals surface area contributed by atoms with Crippen LogP contribution in [0.15, 0.2) is 46.1 Å². The molecule has 0 spiro atoms. The van der Waals surface area contributed by atoms with E-state index in [1.165, 1.54) is 10.5 Å². The van der Waals surface area contributed by atoms with Crippen LogP contribution in [0.3, 0.4) is 0 Å². The average molecular weight is 353 g/mol. The van der Waals surface area contributed by atoms with E-state index < -0.39 is 0 Å². The molecular formula is C19H23N5O2. The minimum absolute atomic E-state index is 0.204.